The van der Waals surface area contributed by atoms with Crippen LogP contribution in [0.4, 0.5) is 19.0 Å². The molecule has 1 heterocycles. The van der Waals surface area contributed by atoms with E-state index in [-0.39, 0.29) is 5.75 Å². The van der Waals surface area contributed by atoms with Gasteiger partial charge in [-0.15, -0.1) is 13.2 Å². The summed E-state index contributed by atoms with van der Waals surface area (Å²) >= 11 is 0. The molecule has 1 aromatic carbocycles. The fourth-order valence-electron chi connectivity index (χ4n) is 1.78. The lowest BCUT2D eigenvalue weighted by Crippen LogP contribution is -2.16. The number of anilines is 1. The molecule has 0 unspecified atom stereocenters. The largest absolute Gasteiger partial charge is 0.573 e. The third kappa shape index (κ3) is 4.34. The van der Waals surface area contributed by atoms with Gasteiger partial charge in [-0.1, -0.05) is 0 Å². The van der Waals surface area contributed by atoms with Gasteiger partial charge in [0.25, 0.3) is 0 Å². The summed E-state index contributed by atoms with van der Waals surface area (Å²) in [5.74, 6) is 0.853. The summed E-state index contributed by atoms with van der Waals surface area (Å²) in [4.78, 5) is 8.59. The molecule has 0 saturated carbocycles. The van der Waals surface area contributed by atoms with Crippen LogP contribution in [0.2, 0.25) is 0 Å². The number of hydrogen-bond acceptors (Lipinski definition) is 4. The molecule has 1 N–H and O–H groups in total. The summed E-state index contributed by atoms with van der Waals surface area (Å²) in [5, 5.41) is 3.08. The molecule has 0 aliphatic carbocycles. The van der Waals surface area contributed by atoms with Crippen LogP contribution in [-0.2, 0) is 0 Å². The Bertz CT molecular complexity index is 612. The maximum absolute atomic E-state index is 12.1. The van der Waals surface area contributed by atoms with Gasteiger partial charge in [0.05, 0.1) is 0 Å². The zero-order valence-electron chi connectivity index (χ0n) is 11.5. The maximum atomic E-state index is 12.1. The van der Waals surface area contributed by atoms with Gasteiger partial charge in [0.15, 0.2) is 5.82 Å². The number of nitrogens with one attached hydrogen (secondary N) is 1. The zero-order valence-corrected chi connectivity index (χ0v) is 11.5. The van der Waals surface area contributed by atoms with Gasteiger partial charge in [-0.25, -0.2) is 9.97 Å². The molecular formula is C14H14F3N3O. The molecule has 0 aliphatic rings. The molecule has 4 nitrogen and oxygen atoms in total. The molecule has 2 aromatic rings. The number of hydrogen-bond donors (Lipinski definition) is 1. The third-order valence-electron chi connectivity index (χ3n) is 2.56. The quantitative estimate of drug-likeness (QED) is 0.933. The van der Waals surface area contributed by atoms with E-state index >= 15 is 0 Å². The molecule has 0 amide bonds. The van der Waals surface area contributed by atoms with Crippen LogP contribution in [0.15, 0.2) is 30.3 Å². The van der Waals surface area contributed by atoms with E-state index in [1.54, 1.807) is 6.07 Å². The monoisotopic (exact) mass is 297 g/mol. The minimum absolute atomic E-state index is 0.272. The van der Waals surface area contributed by atoms with Crippen molar-refractivity contribution in [3.8, 4) is 17.1 Å². The first-order valence-electron chi connectivity index (χ1n) is 6.33. The summed E-state index contributed by atoms with van der Waals surface area (Å²) in [7, 11) is 0. The fourth-order valence-corrected chi connectivity index (χ4v) is 1.78. The van der Waals surface area contributed by atoms with Gasteiger partial charge in [0.1, 0.15) is 11.6 Å². The fraction of sp³-hybridized carbons (Fsp3) is 0.286. The van der Waals surface area contributed by atoms with E-state index in [4.69, 9.17) is 0 Å². The van der Waals surface area contributed by atoms with Gasteiger partial charge in [0.2, 0.25) is 0 Å². The molecule has 0 fully saturated rings. The smallest absolute Gasteiger partial charge is 0.406 e. The van der Waals surface area contributed by atoms with Crippen molar-refractivity contribution in [3.05, 3.63) is 36.0 Å². The predicted octanol–water partition coefficient (Wildman–Crippen LogP) is 3.78. The topological polar surface area (TPSA) is 47.0 Å². The number of aryl methyl sites for hydroxylation is 1. The molecule has 0 saturated heterocycles. The molecule has 0 atom stereocenters. The first kappa shape index (κ1) is 15.1. The van der Waals surface area contributed by atoms with Gasteiger partial charge < -0.3 is 10.1 Å². The van der Waals surface area contributed by atoms with Crippen LogP contribution in [0.1, 0.15) is 12.6 Å². The number of nitrogens with zero attached hydrogens (tertiary/aromatic N) is 2. The Balaban J connectivity index is 2.26. The second kappa shape index (κ2) is 5.99. The summed E-state index contributed by atoms with van der Waals surface area (Å²) in [5.41, 5.74) is 1.39. The number of aromatic nitrogens is 2. The highest BCUT2D eigenvalue weighted by molar-refractivity contribution is 5.58. The number of benzene rings is 1. The van der Waals surface area contributed by atoms with Crippen molar-refractivity contribution >= 4 is 5.82 Å². The lowest BCUT2D eigenvalue weighted by atomic mass is 10.2. The Morgan fingerprint density at radius 2 is 1.81 bits per heavy atom. The molecular weight excluding hydrogens is 283 g/mol. The van der Waals surface area contributed by atoms with E-state index in [0.717, 1.165) is 5.69 Å². The number of alkyl halides is 3. The number of halogens is 3. The molecule has 0 bridgehead atoms. The van der Waals surface area contributed by atoms with Crippen LogP contribution in [-0.4, -0.2) is 22.9 Å². The summed E-state index contributed by atoms with van der Waals surface area (Å²) in [6.07, 6.45) is -4.69. The van der Waals surface area contributed by atoms with Crippen LogP contribution in [0.25, 0.3) is 11.4 Å². The Labute approximate surface area is 120 Å². The predicted molar refractivity (Wildman–Crippen MR) is 73.1 cm³/mol. The van der Waals surface area contributed by atoms with E-state index in [0.29, 0.717) is 23.8 Å². The van der Waals surface area contributed by atoms with Crippen LogP contribution in [0, 0.1) is 6.92 Å². The number of rotatable bonds is 4. The van der Waals surface area contributed by atoms with Crippen molar-refractivity contribution in [2.24, 2.45) is 0 Å². The van der Waals surface area contributed by atoms with Gasteiger partial charge >= 0.3 is 6.36 Å². The van der Waals surface area contributed by atoms with Crippen LogP contribution in [0.5, 0.6) is 5.75 Å². The molecule has 0 radical (unpaired) electrons. The SMILES string of the molecule is CCNc1cc(C)nc(-c2ccc(OC(F)(F)F)cc2)n1. The van der Waals surface area contributed by atoms with Crippen molar-refractivity contribution in [2.75, 3.05) is 11.9 Å². The Morgan fingerprint density at radius 3 is 2.38 bits per heavy atom. The van der Waals surface area contributed by atoms with Crippen molar-refractivity contribution in [3.63, 3.8) is 0 Å². The first-order chi connectivity index (χ1) is 9.87. The summed E-state index contributed by atoms with van der Waals surface area (Å²) in [6, 6.07) is 7.26. The highest BCUT2D eigenvalue weighted by Gasteiger charge is 2.30. The van der Waals surface area contributed by atoms with Crippen molar-refractivity contribution in [1.82, 2.24) is 9.97 Å². The van der Waals surface area contributed by atoms with Crippen LogP contribution >= 0.6 is 0 Å². The molecule has 2 rings (SSSR count). The van der Waals surface area contributed by atoms with E-state index < -0.39 is 6.36 Å². The molecule has 0 spiro atoms. The van der Waals surface area contributed by atoms with Crippen molar-refractivity contribution < 1.29 is 17.9 Å². The summed E-state index contributed by atoms with van der Waals surface area (Å²) in [6.45, 7) is 4.49. The van der Waals surface area contributed by atoms with Gasteiger partial charge in [0, 0.05) is 23.9 Å². The average Bonchev–Trinajstić information content (AvgIpc) is 2.37. The maximum Gasteiger partial charge on any atom is 0.573 e. The molecule has 0 aliphatic heterocycles. The van der Waals surface area contributed by atoms with Gasteiger partial charge in [-0.2, -0.15) is 0 Å². The molecule has 112 valence electrons. The van der Waals surface area contributed by atoms with E-state index in [1.165, 1.54) is 24.3 Å². The third-order valence-corrected chi connectivity index (χ3v) is 2.56. The highest BCUT2D eigenvalue weighted by Crippen LogP contribution is 2.25. The number of ether oxygens (including phenoxy) is 1. The van der Waals surface area contributed by atoms with Crippen LogP contribution < -0.4 is 10.1 Å². The lowest BCUT2D eigenvalue weighted by molar-refractivity contribution is -0.274. The highest BCUT2D eigenvalue weighted by atomic mass is 19.4. The average molecular weight is 297 g/mol. The van der Waals surface area contributed by atoms with E-state index in [2.05, 4.69) is 20.0 Å². The summed E-state index contributed by atoms with van der Waals surface area (Å²) < 4.78 is 40.1. The minimum atomic E-state index is -4.69. The minimum Gasteiger partial charge on any atom is -0.406 e. The Kier molecular flexibility index (Phi) is 4.30. The van der Waals surface area contributed by atoms with Crippen LogP contribution in [0.3, 0.4) is 0 Å². The standard InChI is InChI=1S/C14H14F3N3O/c1-3-18-12-8-9(2)19-13(20-12)10-4-6-11(7-5-10)21-14(15,16)17/h4-8H,3H2,1-2H3,(H,18,19,20). The molecule has 7 heteroatoms. The molecule has 21 heavy (non-hydrogen) atoms. The second-order valence-electron chi connectivity index (χ2n) is 4.32. The van der Waals surface area contributed by atoms with Crippen molar-refractivity contribution in [2.45, 2.75) is 20.2 Å². The lowest BCUT2D eigenvalue weighted by Gasteiger charge is -2.10. The van der Waals surface area contributed by atoms with Crippen molar-refractivity contribution in [1.29, 1.82) is 0 Å². The van der Waals surface area contributed by atoms with Gasteiger partial charge in [-0.3, -0.25) is 0 Å². The van der Waals surface area contributed by atoms with E-state index in [9.17, 15) is 13.2 Å². The second-order valence-corrected chi connectivity index (χ2v) is 4.32. The Morgan fingerprint density at radius 1 is 1.14 bits per heavy atom. The zero-order chi connectivity index (χ0) is 15.5. The van der Waals surface area contributed by atoms with Gasteiger partial charge in [-0.05, 0) is 38.1 Å². The van der Waals surface area contributed by atoms with E-state index in [1.807, 2.05) is 13.8 Å². The first-order valence-corrected chi connectivity index (χ1v) is 6.33. The normalized spacial score (nSPS) is 11.3. The Hall–Kier alpha value is -2.31. The molecule has 1 aromatic heterocycles.